The summed E-state index contributed by atoms with van der Waals surface area (Å²) in [6.07, 6.45) is 30.3. The number of rotatable bonds is 38. The molecule has 61 heavy (non-hydrogen) atoms. The van der Waals surface area contributed by atoms with Gasteiger partial charge in [-0.15, -0.1) is 0 Å². The normalized spacial score (nSPS) is 22.4. The van der Waals surface area contributed by atoms with Crippen LogP contribution in [-0.4, -0.2) is 98.3 Å². The molecule has 6 N–H and O–H groups in total. The molecule has 1 rings (SSSR count). The summed E-state index contributed by atoms with van der Waals surface area (Å²) in [5.41, 5.74) is 0. The van der Waals surface area contributed by atoms with Crippen molar-refractivity contribution in [3.05, 3.63) is 48.6 Å². The molecule has 1 saturated carbocycles. The first-order valence-electron chi connectivity index (χ1n) is 23.5. The summed E-state index contributed by atoms with van der Waals surface area (Å²) in [5.74, 6) is -1.13. The molecule has 1 aliphatic rings. The zero-order valence-electron chi connectivity index (χ0n) is 37.4. The van der Waals surface area contributed by atoms with E-state index in [2.05, 4.69) is 38.2 Å². The summed E-state index contributed by atoms with van der Waals surface area (Å²) in [7, 11) is -5.12. The summed E-state index contributed by atoms with van der Waals surface area (Å²) in [5, 5.41) is 50.1. The number of carbonyl (C=O) groups excluding carboxylic acids is 2. The molecule has 0 aromatic rings. The van der Waals surface area contributed by atoms with E-state index in [1.54, 1.807) is 0 Å². The number of esters is 2. The maximum absolute atomic E-state index is 12.8. The number of aliphatic hydroxyl groups is 5. The van der Waals surface area contributed by atoms with E-state index in [1.807, 2.05) is 24.3 Å². The van der Waals surface area contributed by atoms with Crippen LogP contribution in [0.1, 0.15) is 181 Å². The topological polar surface area (TPSA) is 210 Å². The van der Waals surface area contributed by atoms with Gasteiger partial charge in [0.15, 0.2) is 6.10 Å². The summed E-state index contributed by atoms with van der Waals surface area (Å²) < 4.78 is 33.5. The van der Waals surface area contributed by atoms with Crippen molar-refractivity contribution in [3.63, 3.8) is 0 Å². The lowest BCUT2D eigenvalue weighted by Gasteiger charge is -2.41. The summed E-state index contributed by atoms with van der Waals surface area (Å²) in [6.45, 7) is 3.14. The first-order valence-corrected chi connectivity index (χ1v) is 25.0. The van der Waals surface area contributed by atoms with E-state index in [0.29, 0.717) is 12.8 Å². The Hall–Kier alpha value is -2.19. The van der Waals surface area contributed by atoms with Crippen molar-refractivity contribution in [1.29, 1.82) is 0 Å². The van der Waals surface area contributed by atoms with Gasteiger partial charge in [0.2, 0.25) is 0 Å². The van der Waals surface area contributed by atoms with Crippen LogP contribution < -0.4 is 0 Å². The van der Waals surface area contributed by atoms with Gasteiger partial charge in [0.1, 0.15) is 43.2 Å². The first-order chi connectivity index (χ1) is 29.4. The second kappa shape index (κ2) is 37.2. The molecule has 0 amide bonds. The molecular weight excluding hydrogens is 803 g/mol. The molecule has 354 valence electrons. The van der Waals surface area contributed by atoms with E-state index in [4.69, 9.17) is 18.5 Å². The zero-order valence-corrected chi connectivity index (χ0v) is 38.3. The Morgan fingerprint density at radius 2 is 0.951 bits per heavy atom. The Balaban J connectivity index is 2.44. The number of ether oxygens (including phenoxy) is 2. The third-order valence-corrected chi connectivity index (χ3v) is 11.7. The minimum atomic E-state index is -5.12. The molecule has 0 spiro atoms. The summed E-state index contributed by atoms with van der Waals surface area (Å²) in [6, 6.07) is 0. The average Bonchev–Trinajstić information content (AvgIpc) is 3.24. The summed E-state index contributed by atoms with van der Waals surface area (Å²) in [4.78, 5) is 35.7. The van der Waals surface area contributed by atoms with Crippen LogP contribution in [0, 0.1) is 0 Å². The standard InChI is InChI=1S/C47H83O13P/c1-3-5-7-9-11-13-15-17-18-19-20-21-22-24-25-27-29-31-33-35-40(48)57-37-39(38-58-61(55,56)60-47-45(53)43(51)42(50)44(52)46(47)54)59-41(49)36-34-32-30-28-26-23-16-14-12-10-8-6-4-2/h6,8,10,12,14,16,19-20,39,42-47,50-54H,3-5,7,9,11,13,15,17-18,21-38H2,1-2H3,(H,55,56)/b8-6+,12-10+,16-14+,20-19+/t39?,42?,43-,44?,45?,46?,47?/m0/s1. The Morgan fingerprint density at radius 3 is 1.46 bits per heavy atom. The molecule has 0 aromatic carbocycles. The lowest BCUT2D eigenvalue weighted by atomic mass is 9.85. The van der Waals surface area contributed by atoms with E-state index >= 15 is 0 Å². The Labute approximate surface area is 367 Å². The van der Waals surface area contributed by atoms with Crippen LogP contribution in [0.2, 0.25) is 0 Å². The minimum Gasteiger partial charge on any atom is -0.462 e. The van der Waals surface area contributed by atoms with Crippen LogP contribution in [0.25, 0.3) is 0 Å². The van der Waals surface area contributed by atoms with Crippen LogP contribution >= 0.6 is 7.82 Å². The number of phosphoric ester groups is 1. The second-order valence-corrected chi connectivity index (χ2v) is 17.7. The SMILES string of the molecule is CC/C=C/C=C/C=C/CCCCCCCC(=O)OC(COC(=O)CCCCCCCCC/C=C/CCCCCCCCCC)COP(=O)(O)OC1C(O)C(O)C(O)[C@H](O)C1O. The number of hydrogen-bond donors (Lipinski definition) is 6. The monoisotopic (exact) mass is 887 g/mol. The molecule has 13 nitrogen and oxygen atoms in total. The van der Waals surface area contributed by atoms with Crippen molar-refractivity contribution in [2.75, 3.05) is 13.2 Å². The summed E-state index contributed by atoms with van der Waals surface area (Å²) >= 11 is 0. The quantitative estimate of drug-likeness (QED) is 0.0112. The number of unbranched alkanes of at least 4 members (excludes halogenated alkanes) is 20. The van der Waals surface area contributed by atoms with E-state index in [-0.39, 0.29) is 12.8 Å². The molecule has 1 aliphatic carbocycles. The van der Waals surface area contributed by atoms with Crippen molar-refractivity contribution in [1.82, 2.24) is 0 Å². The van der Waals surface area contributed by atoms with Gasteiger partial charge < -0.3 is 39.9 Å². The highest BCUT2D eigenvalue weighted by molar-refractivity contribution is 7.47. The maximum atomic E-state index is 12.8. The van der Waals surface area contributed by atoms with Crippen LogP contribution in [0.3, 0.4) is 0 Å². The van der Waals surface area contributed by atoms with E-state index in [9.17, 15) is 44.6 Å². The van der Waals surface area contributed by atoms with Gasteiger partial charge in [-0.2, -0.15) is 0 Å². The van der Waals surface area contributed by atoms with Crippen LogP contribution in [0.4, 0.5) is 0 Å². The third-order valence-electron chi connectivity index (χ3n) is 10.7. The minimum absolute atomic E-state index is 0.0718. The molecule has 0 bridgehead atoms. The third kappa shape index (κ3) is 29.7. The Bertz CT molecular complexity index is 1250. The fraction of sp³-hybridized carbons (Fsp3) is 0.787. The lowest BCUT2D eigenvalue weighted by molar-refractivity contribution is -0.220. The Kier molecular flexibility index (Phi) is 34.7. The zero-order chi connectivity index (χ0) is 45.0. The second-order valence-electron chi connectivity index (χ2n) is 16.3. The first kappa shape index (κ1) is 56.8. The highest BCUT2D eigenvalue weighted by Gasteiger charge is 2.51. The molecule has 0 saturated heterocycles. The van der Waals surface area contributed by atoms with E-state index in [0.717, 1.165) is 70.6 Å². The number of phosphoric acid groups is 1. The van der Waals surface area contributed by atoms with E-state index < -0.39 is 75.7 Å². The highest BCUT2D eigenvalue weighted by atomic mass is 31.2. The number of carbonyl (C=O) groups is 2. The van der Waals surface area contributed by atoms with Gasteiger partial charge in [-0.25, -0.2) is 4.57 Å². The van der Waals surface area contributed by atoms with Crippen molar-refractivity contribution < 1.29 is 63.1 Å². The van der Waals surface area contributed by atoms with Gasteiger partial charge >= 0.3 is 19.8 Å². The van der Waals surface area contributed by atoms with E-state index in [1.165, 1.54) is 70.6 Å². The van der Waals surface area contributed by atoms with Gasteiger partial charge in [0.05, 0.1) is 6.61 Å². The van der Waals surface area contributed by atoms with Gasteiger partial charge in [0.25, 0.3) is 0 Å². The highest BCUT2D eigenvalue weighted by Crippen LogP contribution is 2.47. The molecule has 8 atom stereocenters. The molecular formula is C47H83O13P. The van der Waals surface area contributed by atoms with Crippen molar-refractivity contribution in [2.45, 2.75) is 224 Å². The van der Waals surface area contributed by atoms with Crippen LogP contribution in [-0.2, 0) is 32.7 Å². The van der Waals surface area contributed by atoms with Crippen LogP contribution in [0.15, 0.2) is 48.6 Å². The van der Waals surface area contributed by atoms with Crippen molar-refractivity contribution >= 4 is 19.8 Å². The lowest BCUT2D eigenvalue weighted by Crippen LogP contribution is -2.64. The van der Waals surface area contributed by atoms with Crippen LogP contribution in [0.5, 0.6) is 0 Å². The van der Waals surface area contributed by atoms with Gasteiger partial charge in [-0.05, 0) is 57.8 Å². The number of allylic oxidation sites excluding steroid dienone is 8. The molecule has 7 unspecified atom stereocenters. The maximum Gasteiger partial charge on any atom is 0.472 e. The number of aliphatic hydroxyl groups excluding tert-OH is 5. The van der Waals surface area contributed by atoms with Gasteiger partial charge in [-0.1, -0.05) is 159 Å². The molecule has 1 fully saturated rings. The largest absolute Gasteiger partial charge is 0.472 e. The molecule has 0 heterocycles. The van der Waals surface area contributed by atoms with Crippen molar-refractivity contribution in [3.8, 4) is 0 Å². The molecule has 0 radical (unpaired) electrons. The molecule has 0 aromatic heterocycles. The smallest absolute Gasteiger partial charge is 0.462 e. The molecule has 0 aliphatic heterocycles. The van der Waals surface area contributed by atoms with Crippen molar-refractivity contribution in [2.24, 2.45) is 0 Å². The van der Waals surface area contributed by atoms with Gasteiger partial charge in [-0.3, -0.25) is 18.6 Å². The fourth-order valence-corrected chi connectivity index (χ4v) is 7.90. The molecule has 14 heteroatoms. The van der Waals surface area contributed by atoms with Gasteiger partial charge in [0, 0.05) is 12.8 Å². The Morgan fingerprint density at radius 1 is 0.525 bits per heavy atom. The number of hydrogen-bond acceptors (Lipinski definition) is 12. The predicted octanol–water partition coefficient (Wildman–Crippen LogP) is 9.17. The average molecular weight is 887 g/mol. The fourth-order valence-electron chi connectivity index (χ4n) is 6.93. The predicted molar refractivity (Wildman–Crippen MR) is 239 cm³/mol.